The molecule has 0 aliphatic heterocycles. The lowest BCUT2D eigenvalue weighted by Crippen LogP contribution is -2.44. The van der Waals surface area contributed by atoms with Crippen molar-refractivity contribution in [2.45, 2.75) is 70.9 Å². The van der Waals surface area contributed by atoms with Crippen molar-refractivity contribution in [3.8, 4) is 5.75 Å². The fourth-order valence-corrected chi connectivity index (χ4v) is 4.99. The Morgan fingerprint density at radius 2 is 1.93 bits per heavy atom. The summed E-state index contributed by atoms with van der Waals surface area (Å²) in [7, 11) is 3.83. The number of aromatic nitrogens is 1. The van der Waals surface area contributed by atoms with Crippen molar-refractivity contribution in [2.75, 3.05) is 6.61 Å². The first-order valence-electron chi connectivity index (χ1n) is 10.3. The Balaban J connectivity index is 2.56. The van der Waals surface area contributed by atoms with Gasteiger partial charge in [-0.25, -0.2) is 0 Å². The molecule has 0 spiro atoms. The first-order chi connectivity index (χ1) is 13.0. The second kappa shape index (κ2) is 8.87. The molecule has 152 valence electrons. The first-order valence-corrected chi connectivity index (χ1v) is 13.2. The van der Waals surface area contributed by atoms with Crippen LogP contribution in [0.5, 0.6) is 5.75 Å². The highest BCUT2D eigenvalue weighted by Gasteiger charge is 2.45. The zero-order valence-electron chi connectivity index (χ0n) is 18.1. The number of rotatable bonds is 9. The van der Waals surface area contributed by atoms with Crippen LogP contribution in [-0.4, -0.2) is 32.6 Å². The van der Waals surface area contributed by atoms with Gasteiger partial charge >= 0.3 is 0 Å². The van der Waals surface area contributed by atoms with Gasteiger partial charge in [0.2, 0.25) is 5.56 Å². The van der Waals surface area contributed by atoms with Gasteiger partial charge in [-0.05, 0) is 54.1 Å². The van der Waals surface area contributed by atoms with E-state index in [9.17, 15) is 9.59 Å². The van der Waals surface area contributed by atoms with Gasteiger partial charge in [0.05, 0.1) is 20.0 Å². The van der Waals surface area contributed by atoms with Crippen LogP contribution in [0.3, 0.4) is 0 Å². The number of unbranched alkanes of at least 4 members (excludes halogenated alkanes) is 1. The van der Waals surface area contributed by atoms with Gasteiger partial charge in [0.15, 0.2) is 8.32 Å². The molecule has 1 heterocycles. The number of ether oxygens (including phenoxy) is 1. The lowest BCUT2D eigenvalue weighted by Gasteiger charge is -2.44. The van der Waals surface area contributed by atoms with E-state index in [1.165, 1.54) is 0 Å². The first kappa shape index (κ1) is 22.8. The van der Waals surface area contributed by atoms with Crippen molar-refractivity contribution in [2.24, 2.45) is 5.92 Å². The van der Waals surface area contributed by atoms with Crippen molar-refractivity contribution in [3.63, 3.8) is 0 Å². The Hall–Kier alpha value is -1.53. The van der Waals surface area contributed by atoms with Gasteiger partial charge in [0, 0.05) is 11.5 Å². The molecule has 0 fully saturated rings. The van der Waals surface area contributed by atoms with E-state index in [2.05, 4.69) is 38.7 Å². The van der Waals surface area contributed by atoms with Crippen molar-refractivity contribution >= 4 is 27.1 Å². The summed E-state index contributed by atoms with van der Waals surface area (Å²) < 4.78 is 5.93. The molecule has 0 saturated heterocycles. The van der Waals surface area contributed by atoms with Crippen LogP contribution in [0.4, 0.5) is 0 Å². The molecule has 28 heavy (non-hydrogen) atoms. The molecule has 1 aromatic heterocycles. The summed E-state index contributed by atoms with van der Waals surface area (Å²) in [4.78, 5) is 25.8. The maximum Gasteiger partial charge on any atom is 0.248 e. The third kappa shape index (κ3) is 4.54. The van der Waals surface area contributed by atoms with Crippen LogP contribution in [0.25, 0.3) is 10.9 Å². The Labute approximate surface area is 171 Å². The van der Waals surface area contributed by atoms with Crippen LogP contribution in [0, 0.1) is 5.92 Å². The van der Waals surface area contributed by atoms with Crippen LogP contribution < -0.4 is 10.3 Å². The summed E-state index contributed by atoms with van der Waals surface area (Å²) in [5, 5.41) is 0.742. The molecule has 1 unspecified atom stereocenters. The fourth-order valence-electron chi connectivity index (χ4n) is 3.68. The number of pyridine rings is 1. The standard InChI is InChI=1S/C22H34BNO3Si/c1-7-8-13-27-19-11-9-16(17-10-12-20(25)24-21(17)19)18(14-23)15(2)22(3,4)28(5,6)26/h9-12,15,18,26H,7-8,13-14H2,1-6H3,(H,24,25)/t15?,18-/m1/s1. The Kier molecular flexibility index (Phi) is 7.21. The molecule has 0 aliphatic carbocycles. The SMILES string of the molecule is [B]C[C@@H](c1ccc(OCCCC)c2[nH]c(=O)ccc12)C(C)C(C)(C)[Si](C)(C)O. The van der Waals surface area contributed by atoms with E-state index in [4.69, 9.17) is 12.6 Å². The summed E-state index contributed by atoms with van der Waals surface area (Å²) in [6.07, 6.45) is 2.49. The molecule has 6 heteroatoms. The van der Waals surface area contributed by atoms with E-state index in [0.29, 0.717) is 18.7 Å². The van der Waals surface area contributed by atoms with Crippen molar-refractivity contribution in [1.82, 2.24) is 4.98 Å². The molecule has 2 N–H and O–H groups in total. The van der Waals surface area contributed by atoms with E-state index < -0.39 is 8.32 Å². The molecule has 0 amide bonds. The third-order valence-electron chi connectivity index (χ3n) is 6.62. The molecular weight excluding hydrogens is 365 g/mol. The number of hydrogen-bond acceptors (Lipinski definition) is 3. The highest BCUT2D eigenvalue weighted by molar-refractivity contribution is 6.73. The van der Waals surface area contributed by atoms with E-state index in [1.54, 1.807) is 6.07 Å². The average molecular weight is 399 g/mol. The molecule has 4 nitrogen and oxygen atoms in total. The second-order valence-corrected chi connectivity index (χ2v) is 13.3. The molecule has 1 aromatic carbocycles. The number of fused-ring (bicyclic) bond motifs is 1. The number of hydrogen-bond donors (Lipinski definition) is 2. The van der Waals surface area contributed by atoms with E-state index in [0.717, 1.165) is 29.3 Å². The number of nitrogens with one attached hydrogen (secondary N) is 1. The lowest BCUT2D eigenvalue weighted by atomic mass is 9.72. The minimum atomic E-state index is -2.41. The molecule has 0 aliphatic rings. The summed E-state index contributed by atoms with van der Waals surface area (Å²) >= 11 is 0. The monoisotopic (exact) mass is 399 g/mol. The predicted octanol–water partition coefficient (Wildman–Crippen LogP) is 4.99. The zero-order valence-corrected chi connectivity index (χ0v) is 19.1. The molecule has 2 aromatic rings. The maximum absolute atomic E-state index is 12.0. The second-order valence-electron chi connectivity index (χ2n) is 8.88. The van der Waals surface area contributed by atoms with Gasteiger partial charge in [-0.2, -0.15) is 0 Å². The minimum Gasteiger partial charge on any atom is -0.491 e. The third-order valence-corrected chi connectivity index (χ3v) is 10.2. The number of benzene rings is 1. The number of aromatic amines is 1. The van der Waals surface area contributed by atoms with Gasteiger partial charge in [0.1, 0.15) is 5.75 Å². The van der Waals surface area contributed by atoms with Gasteiger partial charge in [-0.3, -0.25) is 4.79 Å². The Morgan fingerprint density at radius 1 is 1.25 bits per heavy atom. The van der Waals surface area contributed by atoms with Crippen LogP contribution in [0.2, 0.25) is 24.5 Å². The highest BCUT2D eigenvalue weighted by Crippen LogP contribution is 2.51. The van der Waals surface area contributed by atoms with Gasteiger partial charge in [-0.1, -0.05) is 46.5 Å². The van der Waals surface area contributed by atoms with E-state index in [1.807, 2.05) is 25.2 Å². The molecule has 0 saturated carbocycles. The van der Waals surface area contributed by atoms with Crippen LogP contribution in [0.1, 0.15) is 52.0 Å². The van der Waals surface area contributed by atoms with Crippen molar-refractivity contribution < 1.29 is 9.53 Å². The van der Waals surface area contributed by atoms with Gasteiger partial charge in [0.25, 0.3) is 0 Å². The van der Waals surface area contributed by atoms with E-state index >= 15 is 0 Å². The molecular formula is C22H34BNO3Si. The van der Waals surface area contributed by atoms with Crippen LogP contribution in [0.15, 0.2) is 29.1 Å². The van der Waals surface area contributed by atoms with Crippen molar-refractivity contribution in [1.29, 1.82) is 0 Å². The van der Waals surface area contributed by atoms with Crippen molar-refractivity contribution in [3.05, 3.63) is 40.2 Å². The largest absolute Gasteiger partial charge is 0.491 e. The quantitative estimate of drug-likeness (QED) is 0.461. The summed E-state index contributed by atoms with van der Waals surface area (Å²) in [5.41, 5.74) is 1.67. The minimum absolute atomic E-state index is 0.0621. The van der Waals surface area contributed by atoms with E-state index in [-0.39, 0.29) is 22.4 Å². The Bertz CT molecular complexity index is 857. The predicted molar refractivity (Wildman–Crippen MR) is 121 cm³/mol. The van der Waals surface area contributed by atoms with Crippen LogP contribution in [-0.2, 0) is 0 Å². The highest BCUT2D eigenvalue weighted by atomic mass is 28.4. The van der Waals surface area contributed by atoms with Gasteiger partial charge < -0.3 is 14.5 Å². The smallest absolute Gasteiger partial charge is 0.248 e. The summed E-state index contributed by atoms with van der Waals surface area (Å²) in [5.74, 6) is 0.933. The van der Waals surface area contributed by atoms with Gasteiger partial charge in [-0.15, -0.1) is 0 Å². The fraction of sp³-hybridized carbons (Fsp3) is 0.591. The molecule has 0 bridgehead atoms. The lowest BCUT2D eigenvalue weighted by molar-refractivity contribution is 0.311. The van der Waals surface area contributed by atoms with Crippen LogP contribution >= 0.6 is 0 Å². The molecule has 2 atom stereocenters. The Morgan fingerprint density at radius 3 is 2.50 bits per heavy atom. The number of H-pyrrole nitrogens is 1. The normalized spacial score (nSPS) is 14.8. The average Bonchev–Trinajstić information content (AvgIpc) is 2.62. The maximum atomic E-state index is 12.0. The topological polar surface area (TPSA) is 62.3 Å². The molecule has 2 rings (SSSR count). The zero-order chi connectivity index (χ0) is 21.1. The summed E-state index contributed by atoms with van der Waals surface area (Å²) in [6, 6.07) is 7.42. The summed E-state index contributed by atoms with van der Waals surface area (Å²) in [6.45, 7) is 13.2. The molecule has 2 radical (unpaired) electrons.